The third-order valence-corrected chi connectivity index (χ3v) is 3.77. The summed E-state index contributed by atoms with van der Waals surface area (Å²) in [7, 11) is 0. The van der Waals surface area contributed by atoms with Crippen molar-refractivity contribution in [1.82, 2.24) is 5.32 Å². The van der Waals surface area contributed by atoms with Gasteiger partial charge in [-0.1, -0.05) is 0 Å². The molecule has 1 atom stereocenters. The van der Waals surface area contributed by atoms with Gasteiger partial charge in [0.2, 0.25) is 11.8 Å². The SMILES string of the molecule is O=C(Nc1ccc(F)c(F)c1)C1CNC(=O)N(c2ccc(F)cc2)C1=O. The lowest BCUT2D eigenvalue weighted by molar-refractivity contribution is -0.130. The van der Waals surface area contributed by atoms with Gasteiger partial charge in [0.15, 0.2) is 11.6 Å². The van der Waals surface area contributed by atoms with Crippen LogP contribution in [0.15, 0.2) is 42.5 Å². The molecule has 1 saturated heterocycles. The molecule has 3 rings (SSSR count). The number of amides is 4. The molecule has 2 aromatic carbocycles. The first-order valence-electron chi connectivity index (χ1n) is 7.50. The first-order valence-corrected chi connectivity index (χ1v) is 7.50. The summed E-state index contributed by atoms with van der Waals surface area (Å²) < 4.78 is 39.2. The first-order chi connectivity index (χ1) is 12.4. The molecule has 1 aliphatic rings. The Labute approximate surface area is 145 Å². The van der Waals surface area contributed by atoms with E-state index in [9.17, 15) is 27.6 Å². The summed E-state index contributed by atoms with van der Waals surface area (Å²) >= 11 is 0. The van der Waals surface area contributed by atoms with Crippen molar-refractivity contribution in [2.45, 2.75) is 0 Å². The molecular formula is C17H12F3N3O3. The van der Waals surface area contributed by atoms with Gasteiger partial charge >= 0.3 is 6.03 Å². The molecule has 0 radical (unpaired) electrons. The smallest absolute Gasteiger partial charge is 0.328 e. The number of hydrogen-bond acceptors (Lipinski definition) is 3. The minimum Gasteiger partial charge on any atom is -0.336 e. The van der Waals surface area contributed by atoms with Gasteiger partial charge in [-0.3, -0.25) is 9.59 Å². The van der Waals surface area contributed by atoms with E-state index in [1.807, 2.05) is 0 Å². The Bertz CT molecular complexity index is 887. The molecule has 1 fully saturated rings. The van der Waals surface area contributed by atoms with Crippen LogP contribution in [0.2, 0.25) is 0 Å². The summed E-state index contributed by atoms with van der Waals surface area (Å²) in [4.78, 5) is 37.6. The highest BCUT2D eigenvalue weighted by Crippen LogP contribution is 2.22. The Morgan fingerprint density at radius 3 is 2.38 bits per heavy atom. The van der Waals surface area contributed by atoms with Crippen molar-refractivity contribution < 1.29 is 27.6 Å². The van der Waals surface area contributed by atoms with Gasteiger partial charge in [-0.05, 0) is 36.4 Å². The zero-order valence-electron chi connectivity index (χ0n) is 13.1. The normalized spacial score (nSPS) is 17.0. The maximum atomic E-state index is 13.2. The molecule has 134 valence electrons. The summed E-state index contributed by atoms with van der Waals surface area (Å²) in [6.07, 6.45) is 0. The zero-order valence-corrected chi connectivity index (χ0v) is 13.1. The van der Waals surface area contributed by atoms with E-state index in [1.165, 1.54) is 12.1 Å². The van der Waals surface area contributed by atoms with Crippen LogP contribution in [0.3, 0.4) is 0 Å². The minimum absolute atomic E-state index is 0.0352. The average molecular weight is 363 g/mol. The van der Waals surface area contributed by atoms with Gasteiger partial charge in [-0.25, -0.2) is 22.9 Å². The summed E-state index contributed by atoms with van der Waals surface area (Å²) in [6, 6.07) is 6.59. The van der Waals surface area contributed by atoms with Crippen LogP contribution in [0, 0.1) is 23.4 Å². The Morgan fingerprint density at radius 1 is 1.04 bits per heavy atom. The van der Waals surface area contributed by atoms with E-state index >= 15 is 0 Å². The molecule has 9 heteroatoms. The predicted octanol–water partition coefficient (Wildman–Crippen LogP) is 2.42. The van der Waals surface area contributed by atoms with Gasteiger partial charge in [0.1, 0.15) is 11.7 Å². The van der Waals surface area contributed by atoms with Crippen LogP contribution in [-0.4, -0.2) is 24.4 Å². The molecule has 0 aromatic heterocycles. The van der Waals surface area contributed by atoms with Gasteiger partial charge in [0, 0.05) is 18.3 Å². The van der Waals surface area contributed by atoms with Gasteiger partial charge in [-0.15, -0.1) is 0 Å². The monoisotopic (exact) mass is 363 g/mol. The predicted molar refractivity (Wildman–Crippen MR) is 85.8 cm³/mol. The van der Waals surface area contributed by atoms with Crippen LogP contribution in [0.4, 0.5) is 29.3 Å². The van der Waals surface area contributed by atoms with Crippen molar-refractivity contribution >= 4 is 29.2 Å². The number of urea groups is 1. The van der Waals surface area contributed by atoms with E-state index in [-0.39, 0.29) is 17.9 Å². The van der Waals surface area contributed by atoms with Crippen LogP contribution in [-0.2, 0) is 9.59 Å². The van der Waals surface area contributed by atoms with E-state index in [0.29, 0.717) is 0 Å². The highest BCUT2D eigenvalue weighted by atomic mass is 19.2. The number of nitrogens with one attached hydrogen (secondary N) is 2. The first kappa shape index (κ1) is 17.5. The molecule has 26 heavy (non-hydrogen) atoms. The van der Waals surface area contributed by atoms with Gasteiger partial charge in [0.25, 0.3) is 0 Å². The fourth-order valence-corrected chi connectivity index (χ4v) is 2.45. The van der Waals surface area contributed by atoms with Crippen molar-refractivity contribution in [3.8, 4) is 0 Å². The van der Waals surface area contributed by atoms with Crippen LogP contribution < -0.4 is 15.5 Å². The number of imide groups is 1. The third-order valence-electron chi connectivity index (χ3n) is 3.77. The van der Waals surface area contributed by atoms with E-state index in [1.54, 1.807) is 0 Å². The van der Waals surface area contributed by atoms with E-state index in [2.05, 4.69) is 10.6 Å². The molecule has 0 bridgehead atoms. The van der Waals surface area contributed by atoms with Crippen molar-refractivity contribution in [1.29, 1.82) is 0 Å². The molecular weight excluding hydrogens is 351 g/mol. The molecule has 1 heterocycles. The molecule has 0 saturated carbocycles. The summed E-state index contributed by atoms with van der Waals surface area (Å²) in [5.41, 5.74) is 0.0613. The number of rotatable bonds is 3. The molecule has 2 N–H and O–H groups in total. The van der Waals surface area contributed by atoms with Gasteiger partial charge < -0.3 is 10.6 Å². The van der Waals surface area contributed by atoms with E-state index < -0.39 is 41.2 Å². The van der Waals surface area contributed by atoms with E-state index in [0.717, 1.165) is 35.2 Å². The second-order valence-corrected chi connectivity index (χ2v) is 5.51. The van der Waals surface area contributed by atoms with Crippen molar-refractivity contribution in [3.63, 3.8) is 0 Å². The highest BCUT2D eigenvalue weighted by molar-refractivity contribution is 6.23. The van der Waals surface area contributed by atoms with Crippen LogP contribution in [0.25, 0.3) is 0 Å². The molecule has 1 unspecified atom stereocenters. The number of carbonyl (C=O) groups is 3. The van der Waals surface area contributed by atoms with Crippen LogP contribution >= 0.6 is 0 Å². The standard InChI is InChI=1S/C17H12F3N3O3/c18-9-1-4-11(5-2-9)23-16(25)12(8-21-17(23)26)15(24)22-10-3-6-13(19)14(20)7-10/h1-7,12H,8H2,(H,21,26)(H,22,24). The fourth-order valence-electron chi connectivity index (χ4n) is 2.45. The molecule has 0 spiro atoms. The van der Waals surface area contributed by atoms with Gasteiger partial charge in [-0.2, -0.15) is 0 Å². The highest BCUT2D eigenvalue weighted by Gasteiger charge is 2.39. The summed E-state index contributed by atoms with van der Waals surface area (Å²) in [6.45, 7) is -0.259. The third kappa shape index (κ3) is 3.37. The van der Waals surface area contributed by atoms with E-state index in [4.69, 9.17) is 0 Å². The fraction of sp³-hybridized carbons (Fsp3) is 0.118. The number of nitrogens with zero attached hydrogens (tertiary/aromatic N) is 1. The van der Waals surface area contributed by atoms with Crippen molar-refractivity contribution in [2.24, 2.45) is 5.92 Å². The lowest BCUT2D eigenvalue weighted by atomic mass is 10.0. The molecule has 2 aromatic rings. The molecule has 0 aliphatic carbocycles. The van der Waals surface area contributed by atoms with Crippen LogP contribution in [0.5, 0.6) is 0 Å². The van der Waals surface area contributed by atoms with Crippen LogP contribution in [0.1, 0.15) is 0 Å². The van der Waals surface area contributed by atoms with Gasteiger partial charge in [0.05, 0.1) is 5.69 Å². The second-order valence-electron chi connectivity index (χ2n) is 5.51. The minimum atomic E-state index is -1.29. The number of hydrogen-bond donors (Lipinski definition) is 2. The molecule has 1 aliphatic heterocycles. The lowest BCUT2D eigenvalue weighted by Crippen LogP contribution is -2.58. The largest absolute Gasteiger partial charge is 0.336 e. The molecule has 4 amide bonds. The Morgan fingerprint density at radius 2 is 1.73 bits per heavy atom. The maximum Gasteiger partial charge on any atom is 0.328 e. The summed E-state index contributed by atoms with van der Waals surface area (Å²) in [5, 5.41) is 4.69. The maximum absolute atomic E-state index is 13.2. The number of halogens is 3. The number of carbonyl (C=O) groups excluding carboxylic acids is 3. The Hall–Kier alpha value is -3.36. The van der Waals surface area contributed by atoms with Crippen molar-refractivity contribution in [2.75, 3.05) is 16.8 Å². The Balaban J connectivity index is 1.80. The molecule has 6 nitrogen and oxygen atoms in total. The number of anilines is 2. The summed E-state index contributed by atoms with van der Waals surface area (Å²) in [5.74, 6) is -5.68. The topological polar surface area (TPSA) is 78.5 Å². The lowest BCUT2D eigenvalue weighted by Gasteiger charge is -2.30. The zero-order chi connectivity index (χ0) is 18.8. The quantitative estimate of drug-likeness (QED) is 0.822. The second kappa shape index (κ2) is 6.87. The average Bonchev–Trinajstić information content (AvgIpc) is 2.60. The number of benzene rings is 2. The Kier molecular flexibility index (Phi) is 4.61. The van der Waals surface area contributed by atoms with Crippen molar-refractivity contribution in [3.05, 3.63) is 59.9 Å².